The summed E-state index contributed by atoms with van der Waals surface area (Å²) in [4.78, 5) is 13.7. The third-order valence-corrected chi connectivity index (χ3v) is 3.30. The van der Waals surface area contributed by atoms with Crippen LogP contribution < -0.4 is 20.9 Å². The van der Waals surface area contributed by atoms with Gasteiger partial charge in [0.05, 0.1) is 10.7 Å². The molecule has 0 aliphatic carbocycles. The number of hydrazine groups is 1. The van der Waals surface area contributed by atoms with Gasteiger partial charge in [0.2, 0.25) is 12.3 Å². The van der Waals surface area contributed by atoms with Crippen molar-refractivity contribution in [1.29, 1.82) is 0 Å². The predicted molar refractivity (Wildman–Crippen MR) is 89.3 cm³/mol. The number of carbonyl (C=O) groups is 1. The van der Waals surface area contributed by atoms with Crippen molar-refractivity contribution >= 4 is 41.0 Å². The van der Waals surface area contributed by atoms with Gasteiger partial charge < -0.3 is 10.1 Å². The fourth-order valence-electron chi connectivity index (χ4n) is 1.74. The molecule has 1 aromatic carbocycles. The summed E-state index contributed by atoms with van der Waals surface area (Å²) >= 11 is 10.6. The second-order valence-corrected chi connectivity index (χ2v) is 5.38. The summed E-state index contributed by atoms with van der Waals surface area (Å²) in [6.45, 7) is 0. The van der Waals surface area contributed by atoms with Crippen molar-refractivity contribution in [3.63, 3.8) is 0 Å². The van der Waals surface area contributed by atoms with E-state index in [1.807, 2.05) is 5.43 Å². The minimum absolute atomic E-state index is 0.182. The van der Waals surface area contributed by atoms with Gasteiger partial charge in [-0.05, 0) is 30.4 Å². The molecule has 1 amide bonds. The number of carbonyl (C=O) groups excluding carboxylic acids is 1. The Kier molecular flexibility index (Phi) is 6.16. The number of thiocarbonyl (C=S) groups is 1. The zero-order valence-electron chi connectivity index (χ0n) is 12.5. The Bertz CT molecular complexity index is 835. The molecule has 0 unspecified atom stereocenters. The normalized spacial score (nSPS) is 10.8. The van der Waals surface area contributed by atoms with Crippen molar-refractivity contribution in [2.45, 2.75) is 6.18 Å². The SMILES string of the molecule is O=CNNC(=S)Nc1cc(Oc2ncccc2C(F)(F)F)c(Cl)cc1F. The maximum absolute atomic E-state index is 13.9. The Hall–Kier alpha value is -2.66. The molecule has 0 radical (unpaired) electrons. The summed E-state index contributed by atoms with van der Waals surface area (Å²) in [7, 11) is 0. The molecule has 0 fully saturated rings. The lowest BCUT2D eigenvalue weighted by Gasteiger charge is -2.15. The van der Waals surface area contributed by atoms with Crippen molar-refractivity contribution < 1.29 is 27.1 Å². The van der Waals surface area contributed by atoms with E-state index in [1.165, 1.54) is 0 Å². The third kappa shape index (κ3) is 4.92. The maximum atomic E-state index is 13.9. The molecule has 0 aliphatic rings. The van der Waals surface area contributed by atoms with Gasteiger partial charge >= 0.3 is 6.18 Å². The number of halogens is 5. The van der Waals surface area contributed by atoms with Crippen LogP contribution in [0.1, 0.15) is 5.56 Å². The molecule has 0 spiro atoms. The van der Waals surface area contributed by atoms with Crippen LogP contribution in [0.5, 0.6) is 11.6 Å². The lowest BCUT2D eigenvalue weighted by molar-refractivity contribution is -0.138. The first-order valence-electron chi connectivity index (χ1n) is 6.67. The standard InChI is InChI=1S/C14H9ClF4N4O2S/c15-8-4-9(16)10(22-13(26)23-21-6-24)5-11(8)25-12-7(14(17,18)19)2-1-3-20-12/h1-6H,(H,21,24)(H2,22,23,26). The van der Waals surface area contributed by atoms with Gasteiger partial charge in [0, 0.05) is 12.3 Å². The predicted octanol–water partition coefficient (Wildman–Crippen LogP) is 3.63. The Labute approximate surface area is 154 Å². The molecule has 2 rings (SSSR count). The highest BCUT2D eigenvalue weighted by atomic mass is 35.5. The lowest BCUT2D eigenvalue weighted by Crippen LogP contribution is -2.39. The van der Waals surface area contributed by atoms with Gasteiger partial charge in [0.25, 0.3) is 0 Å². The summed E-state index contributed by atoms with van der Waals surface area (Å²) in [5.74, 6) is -1.89. The minimum Gasteiger partial charge on any atom is -0.437 e. The van der Waals surface area contributed by atoms with E-state index in [1.54, 1.807) is 0 Å². The number of ether oxygens (including phenoxy) is 1. The number of benzene rings is 1. The number of alkyl halides is 3. The average Bonchev–Trinajstić information content (AvgIpc) is 2.57. The van der Waals surface area contributed by atoms with Crippen LogP contribution >= 0.6 is 23.8 Å². The summed E-state index contributed by atoms with van der Waals surface area (Å²) in [6.07, 6.45) is -3.31. The van der Waals surface area contributed by atoms with Gasteiger partial charge in [0.1, 0.15) is 17.1 Å². The van der Waals surface area contributed by atoms with E-state index in [0.29, 0.717) is 6.41 Å². The molecule has 0 saturated carbocycles. The number of hydrogen-bond acceptors (Lipinski definition) is 4. The van der Waals surface area contributed by atoms with Gasteiger partial charge in [0.15, 0.2) is 5.11 Å². The van der Waals surface area contributed by atoms with E-state index in [9.17, 15) is 22.4 Å². The third-order valence-electron chi connectivity index (χ3n) is 2.80. The van der Waals surface area contributed by atoms with Crippen molar-refractivity contribution in [1.82, 2.24) is 15.8 Å². The number of anilines is 1. The Morgan fingerprint density at radius 3 is 2.73 bits per heavy atom. The smallest absolute Gasteiger partial charge is 0.421 e. The van der Waals surface area contributed by atoms with Crippen LogP contribution in [-0.4, -0.2) is 16.5 Å². The minimum atomic E-state index is -4.71. The van der Waals surface area contributed by atoms with Gasteiger partial charge in [-0.25, -0.2) is 9.37 Å². The zero-order valence-corrected chi connectivity index (χ0v) is 14.1. The molecule has 0 bridgehead atoms. The van der Waals surface area contributed by atoms with Crippen molar-refractivity contribution in [3.8, 4) is 11.6 Å². The van der Waals surface area contributed by atoms with Gasteiger partial charge in [-0.2, -0.15) is 13.2 Å². The highest BCUT2D eigenvalue weighted by Crippen LogP contribution is 2.39. The average molecular weight is 409 g/mol. The molecule has 1 aromatic heterocycles. The largest absolute Gasteiger partial charge is 0.437 e. The first-order chi connectivity index (χ1) is 12.2. The molecule has 1 heterocycles. The monoisotopic (exact) mass is 408 g/mol. The van der Waals surface area contributed by atoms with E-state index in [2.05, 4.69) is 15.7 Å². The van der Waals surface area contributed by atoms with Gasteiger partial charge in [-0.3, -0.25) is 15.6 Å². The Balaban J connectivity index is 2.32. The number of rotatable bonds is 5. The molecule has 0 saturated heterocycles. The van der Waals surface area contributed by atoms with Crippen LogP contribution in [0.15, 0.2) is 30.5 Å². The van der Waals surface area contributed by atoms with Crippen molar-refractivity contribution in [3.05, 3.63) is 46.9 Å². The maximum Gasteiger partial charge on any atom is 0.421 e. The highest BCUT2D eigenvalue weighted by Gasteiger charge is 2.35. The quantitative estimate of drug-likeness (QED) is 0.303. The second-order valence-electron chi connectivity index (χ2n) is 4.56. The number of aromatic nitrogens is 1. The molecule has 26 heavy (non-hydrogen) atoms. The van der Waals surface area contributed by atoms with Crippen molar-refractivity contribution in [2.75, 3.05) is 5.32 Å². The Morgan fingerprint density at radius 2 is 2.08 bits per heavy atom. The summed E-state index contributed by atoms with van der Waals surface area (Å²) < 4.78 is 58.1. The topological polar surface area (TPSA) is 75.3 Å². The summed E-state index contributed by atoms with van der Waals surface area (Å²) in [5.41, 5.74) is 2.88. The number of nitrogens with zero attached hydrogens (tertiary/aromatic N) is 1. The van der Waals surface area contributed by atoms with E-state index in [-0.39, 0.29) is 21.6 Å². The summed E-state index contributed by atoms with van der Waals surface area (Å²) in [6, 6.07) is 3.70. The molecule has 138 valence electrons. The zero-order chi connectivity index (χ0) is 19.3. The van der Waals surface area contributed by atoms with Crippen LogP contribution in [0.3, 0.4) is 0 Å². The van der Waals surface area contributed by atoms with Crippen LogP contribution in [0.25, 0.3) is 0 Å². The van der Waals surface area contributed by atoms with E-state index in [0.717, 1.165) is 30.5 Å². The van der Waals surface area contributed by atoms with E-state index < -0.39 is 23.4 Å². The van der Waals surface area contributed by atoms with Crippen molar-refractivity contribution in [2.24, 2.45) is 0 Å². The van der Waals surface area contributed by atoms with E-state index in [4.69, 9.17) is 28.6 Å². The first-order valence-corrected chi connectivity index (χ1v) is 7.46. The molecule has 3 N–H and O–H groups in total. The van der Waals surface area contributed by atoms with Gasteiger partial charge in [-0.15, -0.1) is 0 Å². The highest BCUT2D eigenvalue weighted by molar-refractivity contribution is 7.80. The van der Waals surface area contributed by atoms with Crippen LogP contribution in [0, 0.1) is 5.82 Å². The molecule has 0 atom stereocenters. The number of pyridine rings is 1. The number of nitrogens with one attached hydrogen (secondary N) is 3. The van der Waals surface area contributed by atoms with Crippen LogP contribution in [0.4, 0.5) is 23.2 Å². The lowest BCUT2D eigenvalue weighted by atomic mass is 10.2. The molecular formula is C14H9ClF4N4O2S. The first kappa shape index (κ1) is 19.7. The van der Waals surface area contributed by atoms with Crippen LogP contribution in [-0.2, 0) is 11.0 Å². The molecule has 6 nitrogen and oxygen atoms in total. The fourth-order valence-corrected chi connectivity index (χ4v) is 2.10. The fraction of sp³-hybridized carbons (Fsp3) is 0.0714. The molecule has 12 heteroatoms. The molecule has 0 aliphatic heterocycles. The van der Waals surface area contributed by atoms with E-state index >= 15 is 0 Å². The molecule has 2 aromatic rings. The van der Waals surface area contributed by atoms with Gasteiger partial charge in [-0.1, -0.05) is 11.6 Å². The molecular weight excluding hydrogens is 400 g/mol. The van der Waals surface area contributed by atoms with Crippen LogP contribution in [0.2, 0.25) is 5.02 Å². The Morgan fingerprint density at radius 1 is 1.35 bits per heavy atom. The summed E-state index contributed by atoms with van der Waals surface area (Å²) in [5, 5.41) is 1.92. The number of amides is 1. The second kappa shape index (κ2) is 8.15. The number of hydrogen-bond donors (Lipinski definition) is 3.